The fraction of sp³-hybridized carbons (Fsp3) is 0.0500. The second-order valence-electron chi connectivity index (χ2n) is 5.17. The Morgan fingerprint density at radius 3 is 1.91 bits per heavy atom. The molecule has 0 unspecified atom stereocenters. The Labute approximate surface area is 143 Å². The van der Waals surface area contributed by atoms with Gasteiger partial charge in [0.25, 0.3) is 0 Å². The maximum atomic E-state index is 13.2. The molecular formula is C20H15BrFN. The second kappa shape index (κ2) is 7.34. The van der Waals surface area contributed by atoms with Gasteiger partial charge < -0.3 is 0 Å². The van der Waals surface area contributed by atoms with Crippen molar-refractivity contribution in [2.75, 3.05) is 0 Å². The van der Waals surface area contributed by atoms with Crippen molar-refractivity contribution in [3.05, 3.63) is 106 Å². The molecule has 0 atom stereocenters. The van der Waals surface area contributed by atoms with E-state index in [0.29, 0.717) is 4.47 Å². The molecule has 3 aromatic rings. The van der Waals surface area contributed by atoms with Crippen molar-refractivity contribution in [3.63, 3.8) is 0 Å². The van der Waals surface area contributed by atoms with Crippen LogP contribution in [0.5, 0.6) is 0 Å². The van der Waals surface area contributed by atoms with Gasteiger partial charge in [0.05, 0.1) is 6.04 Å². The van der Waals surface area contributed by atoms with Crippen LogP contribution in [-0.2, 0) is 0 Å². The van der Waals surface area contributed by atoms with E-state index in [9.17, 15) is 4.39 Å². The van der Waals surface area contributed by atoms with Crippen LogP contribution in [0.3, 0.4) is 0 Å². The SMILES string of the molecule is Fc1ccc(C=NC(c2ccccc2)c2ccccc2)c(Br)c1. The smallest absolute Gasteiger partial charge is 0.124 e. The van der Waals surface area contributed by atoms with E-state index in [0.717, 1.165) is 16.7 Å². The van der Waals surface area contributed by atoms with E-state index in [1.54, 1.807) is 12.3 Å². The predicted octanol–water partition coefficient (Wildman–Crippen LogP) is 5.80. The Bertz CT molecular complexity index is 761. The highest BCUT2D eigenvalue weighted by atomic mass is 79.9. The number of aliphatic imine (C=N–C) groups is 1. The third-order valence-corrected chi connectivity index (χ3v) is 4.24. The quantitative estimate of drug-likeness (QED) is 0.517. The molecule has 3 aromatic carbocycles. The minimum absolute atomic E-state index is 0.0886. The summed E-state index contributed by atoms with van der Waals surface area (Å²) in [5.74, 6) is -0.267. The summed E-state index contributed by atoms with van der Waals surface area (Å²) < 4.78 is 13.9. The molecule has 0 bridgehead atoms. The van der Waals surface area contributed by atoms with E-state index in [4.69, 9.17) is 4.99 Å². The van der Waals surface area contributed by atoms with Crippen LogP contribution in [0.1, 0.15) is 22.7 Å². The molecule has 0 saturated heterocycles. The normalized spacial score (nSPS) is 11.3. The van der Waals surface area contributed by atoms with Gasteiger partial charge in [-0.05, 0) is 29.3 Å². The lowest BCUT2D eigenvalue weighted by atomic mass is 9.99. The molecule has 3 rings (SSSR count). The highest BCUT2D eigenvalue weighted by Gasteiger charge is 2.11. The van der Waals surface area contributed by atoms with Crippen LogP contribution >= 0.6 is 15.9 Å². The molecule has 0 heterocycles. The lowest BCUT2D eigenvalue weighted by Crippen LogP contribution is -1.99. The van der Waals surface area contributed by atoms with Crippen LogP contribution in [0, 0.1) is 5.82 Å². The van der Waals surface area contributed by atoms with E-state index in [2.05, 4.69) is 40.2 Å². The maximum Gasteiger partial charge on any atom is 0.124 e. The fourth-order valence-corrected chi connectivity index (χ4v) is 2.85. The molecular weight excluding hydrogens is 353 g/mol. The number of nitrogens with zero attached hydrogens (tertiary/aromatic N) is 1. The number of hydrogen-bond acceptors (Lipinski definition) is 1. The topological polar surface area (TPSA) is 12.4 Å². The first kappa shape index (κ1) is 15.6. The summed E-state index contributed by atoms with van der Waals surface area (Å²) in [6, 6.07) is 24.8. The Kier molecular flexibility index (Phi) is 4.99. The Morgan fingerprint density at radius 1 is 0.826 bits per heavy atom. The largest absolute Gasteiger partial charge is 0.280 e. The van der Waals surface area contributed by atoms with Gasteiger partial charge in [0.1, 0.15) is 5.82 Å². The fourth-order valence-electron chi connectivity index (χ4n) is 2.40. The van der Waals surface area contributed by atoms with E-state index in [1.807, 2.05) is 36.4 Å². The average Bonchev–Trinajstić information content (AvgIpc) is 2.59. The lowest BCUT2D eigenvalue weighted by Gasteiger charge is -2.13. The van der Waals surface area contributed by atoms with Crippen LogP contribution in [0.2, 0.25) is 0 Å². The molecule has 0 aromatic heterocycles. The summed E-state index contributed by atoms with van der Waals surface area (Å²) in [5, 5.41) is 0. The van der Waals surface area contributed by atoms with Crippen molar-refractivity contribution in [2.24, 2.45) is 4.99 Å². The number of halogens is 2. The molecule has 1 nitrogen and oxygen atoms in total. The van der Waals surface area contributed by atoms with Gasteiger partial charge in [-0.3, -0.25) is 4.99 Å². The van der Waals surface area contributed by atoms with Crippen molar-refractivity contribution in [1.82, 2.24) is 0 Å². The van der Waals surface area contributed by atoms with E-state index in [-0.39, 0.29) is 11.9 Å². The zero-order valence-corrected chi connectivity index (χ0v) is 13.9. The molecule has 0 saturated carbocycles. The highest BCUT2D eigenvalue weighted by Crippen LogP contribution is 2.26. The van der Waals surface area contributed by atoms with Gasteiger partial charge in [-0.25, -0.2) is 4.39 Å². The van der Waals surface area contributed by atoms with Crippen LogP contribution in [0.4, 0.5) is 4.39 Å². The van der Waals surface area contributed by atoms with Crippen molar-refractivity contribution in [1.29, 1.82) is 0 Å². The number of hydrogen-bond donors (Lipinski definition) is 0. The van der Waals surface area contributed by atoms with Crippen molar-refractivity contribution in [2.45, 2.75) is 6.04 Å². The van der Waals surface area contributed by atoms with E-state index >= 15 is 0 Å². The van der Waals surface area contributed by atoms with Crippen LogP contribution in [-0.4, -0.2) is 6.21 Å². The first-order valence-corrected chi connectivity index (χ1v) is 8.11. The first-order chi connectivity index (χ1) is 11.2. The van der Waals surface area contributed by atoms with Gasteiger partial charge in [-0.2, -0.15) is 0 Å². The van der Waals surface area contributed by atoms with Gasteiger partial charge in [0, 0.05) is 16.3 Å². The minimum Gasteiger partial charge on any atom is -0.280 e. The third-order valence-electron chi connectivity index (χ3n) is 3.56. The lowest BCUT2D eigenvalue weighted by molar-refractivity contribution is 0.627. The summed E-state index contributed by atoms with van der Waals surface area (Å²) in [7, 11) is 0. The van der Waals surface area contributed by atoms with Gasteiger partial charge in [0.2, 0.25) is 0 Å². The summed E-state index contributed by atoms with van der Waals surface area (Å²) >= 11 is 3.38. The molecule has 0 N–H and O–H groups in total. The molecule has 0 amide bonds. The second-order valence-corrected chi connectivity index (χ2v) is 6.02. The summed E-state index contributed by atoms with van der Waals surface area (Å²) in [5.41, 5.74) is 3.09. The maximum absolute atomic E-state index is 13.2. The summed E-state index contributed by atoms with van der Waals surface area (Å²) in [6.07, 6.45) is 1.79. The van der Waals surface area contributed by atoms with E-state index in [1.165, 1.54) is 12.1 Å². The first-order valence-electron chi connectivity index (χ1n) is 7.32. The van der Waals surface area contributed by atoms with Crippen molar-refractivity contribution in [3.8, 4) is 0 Å². The highest BCUT2D eigenvalue weighted by molar-refractivity contribution is 9.10. The molecule has 23 heavy (non-hydrogen) atoms. The minimum atomic E-state index is -0.267. The summed E-state index contributed by atoms with van der Waals surface area (Å²) in [4.78, 5) is 4.75. The molecule has 0 aliphatic carbocycles. The van der Waals surface area contributed by atoms with Crippen LogP contribution in [0.15, 0.2) is 88.3 Å². The van der Waals surface area contributed by atoms with Gasteiger partial charge in [-0.1, -0.05) is 76.6 Å². The number of benzene rings is 3. The number of rotatable bonds is 4. The van der Waals surface area contributed by atoms with Crippen LogP contribution < -0.4 is 0 Å². The molecule has 0 fully saturated rings. The zero-order valence-electron chi connectivity index (χ0n) is 12.4. The zero-order chi connectivity index (χ0) is 16.1. The average molecular weight is 368 g/mol. The van der Waals surface area contributed by atoms with Crippen LogP contribution in [0.25, 0.3) is 0 Å². The predicted molar refractivity (Wildman–Crippen MR) is 96.4 cm³/mol. The summed E-state index contributed by atoms with van der Waals surface area (Å²) in [6.45, 7) is 0. The molecule has 0 aliphatic heterocycles. The van der Waals surface area contributed by atoms with Gasteiger partial charge >= 0.3 is 0 Å². The van der Waals surface area contributed by atoms with Crippen molar-refractivity contribution >= 4 is 22.1 Å². The van der Waals surface area contributed by atoms with Gasteiger partial charge in [0.15, 0.2) is 0 Å². The Hall–Kier alpha value is -2.26. The Balaban J connectivity index is 1.98. The molecule has 114 valence electrons. The molecule has 0 aliphatic rings. The molecule has 0 spiro atoms. The Morgan fingerprint density at radius 2 is 1.39 bits per heavy atom. The van der Waals surface area contributed by atoms with Gasteiger partial charge in [-0.15, -0.1) is 0 Å². The molecule has 0 radical (unpaired) electrons. The van der Waals surface area contributed by atoms with Crippen molar-refractivity contribution < 1.29 is 4.39 Å². The third kappa shape index (κ3) is 3.93. The van der Waals surface area contributed by atoms with E-state index < -0.39 is 0 Å². The molecule has 3 heteroatoms. The standard InChI is InChI=1S/C20H15BrFN/c21-19-13-18(22)12-11-17(19)14-23-20(15-7-3-1-4-8-15)16-9-5-2-6-10-16/h1-14,20H. The monoisotopic (exact) mass is 367 g/mol.